The molecule has 0 bridgehead atoms. The van der Waals surface area contributed by atoms with Crippen LogP contribution in [0.2, 0.25) is 5.02 Å². The van der Waals surface area contributed by atoms with Crippen LogP contribution in [-0.2, 0) is 13.2 Å². The van der Waals surface area contributed by atoms with Gasteiger partial charge in [0.15, 0.2) is 0 Å². The highest BCUT2D eigenvalue weighted by Gasteiger charge is 2.06. The van der Waals surface area contributed by atoms with Crippen LogP contribution in [0.3, 0.4) is 0 Å². The zero-order chi connectivity index (χ0) is 24.5. The van der Waals surface area contributed by atoms with Crippen LogP contribution in [-0.4, -0.2) is 12.1 Å². The van der Waals surface area contributed by atoms with Crippen molar-refractivity contribution >= 4 is 23.7 Å². The second-order valence-electron chi connectivity index (χ2n) is 7.95. The predicted octanol–water partition coefficient (Wildman–Crippen LogP) is 6.57. The first-order chi connectivity index (χ1) is 17.1. The van der Waals surface area contributed by atoms with Gasteiger partial charge in [-0.15, -0.1) is 0 Å². The lowest BCUT2D eigenvalue weighted by molar-refractivity contribution is 0.0955. The normalized spacial score (nSPS) is 10.8. The monoisotopic (exact) mass is 484 g/mol. The van der Waals surface area contributed by atoms with Crippen LogP contribution in [0.5, 0.6) is 11.5 Å². The SMILES string of the molecule is Cc1ccc(COc2ccccc2/C=N\NC(=O)c2ccc(OCc3ccc(Cl)cc3)cc2)cc1. The summed E-state index contributed by atoms with van der Waals surface area (Å²) in [6.07, 6.45) is 1.58. The van der Waals surface area contributed by atoms with Crippen molar-refractivity contribution in [3.63, 3.8) is 0 Å². The maximum Gasteiger partial charge on any atom is 0.271 e. The van der Waals surface area contributed by atoms with Crippen LogP contribution < -0.4 is 14.9 Å². The number of carbonyl (C=O) groups excluding carboxylic acids is 1. The third-order valence-corrected chi connectivity index (χ3v) is 5.49. The van der Waals surface area contributed by atoms with Gasteiger partial charge in [-0.3, -0.25) is 4.79 Å². The van der Waals surface area contributed by atoms with Gasteiger partial charge in [0.05, 0.1) is 6.21 Å². The molecular formula is C29H25ClN2O3. The van der Waals surface area contributed by atoms with Crippen LogP contribution in [0.1, 0.15) is 32.6 Å². The van der Waals surface area contributed by atoms with E-state index in [1.807, 2.05) is 60.7 Å². The summed E-state index contributed by atoms with van der Waals surface area (Å²) in [5, 5.41) is 4.79. The molecule has 4 rings (SSSR count). The zero-order valence-electron chi connectivity index (χ0n) is 19.3. The molecule has 0 aliphatic carbocycles. The van der Waals surface area contributed by atoms with E-state index in [1.165, 1.54) is 5.56 Å². The van der Waals surface area contributed by atoms with E-state index in [-0.39, 0.29) is 5.91 Å². The number of ether oxygens (including phenoxy) is 2. The van der Waals surface area contributed by atoms with Crippen molar-refractivity contribution in [3.8, 4) is 11.5 Å². The predicted molar refractivity (Wildman–Crippen MR) is 139 cm³/mol. The third kappa shape index (κ3) is 7.19. The van der Waals surface area contributed by atoms with Gasteiger partial charge in [0.25, 0.3) is 5.91 Å². The fraction of sp³-hybridized carbons (Fsp3) is 0.103. The number of nitrogens with one attached hydrogen (secondary N) is 1. The number of para-hydroxylation sites is 1. The van der Waals surface area contributed by atoms with E-state index in [1.54, 1.807) is 30.5 Å². The summed E-state index contributed by atoms with van der Waals surface area (Å²) < 4.78 is 11.7. The number of hydrazone groups is 1. The minimum Gasteiger partial charge on any atom is -0.489 e. The average molecular weight is 485 g/mol. The lowest BCUT2D eigenvalue weighted by Gasteiger charge is -2.09. The first-order valence-electron chi connectivity index (χ1n) is 11.1. The van der Waals surface area contributed by atoms with Crippen molar-refractivity contribution in [2.45, 2.75) is 20.1 Å². The number of benzene rings is 4. The number of halogens is 1. The molecule has 4 aromatic carbocycles. The Hall–Kier alpha value is -4.09. The molecule has 0 fully saturated rings. The van der Waals surface area contributed by atoms with Crippen LogP contribution in [0.15, 0.2) is 102 Å². The van der Waals surface area contributed by atoms with E-state index in [4.69, 9.17) is 21.1 Å². The van der Waals surface area contributed by atoms with Gasteiger partial charge in [0.2, 0.25) is 0 Å². The minimum absolute atomic E-state index is 0.316. The second-order valence-corrected chi connectivity index (χ2v) is 8.39. The molecule has 0 atom stereocenters. The highest BCUT2D eigenvalue weighted by Crippen LogP contribution is 2.18. The van der Waals surface area contributed by atoms with E-state index < -0.39 is 0 Å². The van der Waals surface area contributed by atoms with Gasteiger partial charge < -0.3 is 9.47 Å². The Labute approximate surface area is 210 Å². The molecule has 0 heterocycles. The number of aryl methyl sites for hydroxylation is 1. The molecule has 0 saturated heterocycles. The molecule has 176 valence electrons. The largest absolute Gasteiger partial charge is 0.489 e. The molecule has 0 aliphatic rings. The molecule has 35 heavy (non-hydrogen) atoms. The van der Waals surface area contributed by atoms with Crippen LogP contribution in [0, 0.1) is 6.92 Å². The molecular weight excluding hydrogens is 460 g/mol. The number of nitrogens with zero attached hydrogens (tertiary/aromatic N) is 1. The summed E-state index contributed by atoms with van der Waals surface area (Å²) in [6.45, 7) is 2.91. The van der Waals surface area contributed by atoms with Gasteiger partial charge in [-0.1, -0.05) is 65.7 Å². The molecule has 0 aromatic heterocycles. The Balaban J connectivity index is 1.30. The first-order valence-corrected chi connectivity index (χ1v) is 11.5. The lowest BCUT2D eigenvalue weighted by Crippen LogP contribution is -2.17. The number of rotatable bonds is 9. The highest BCUT2D eigenvalue weighted by atomic mass is 35.5. The van der Waals surface area contributed by atoms with Crippen LogP contribution in [0.25, 0.3) is 0 Å². The summed E-state index contributed by atoms with van der Waals surface area (Å²) in [5.74, 6) is 1.04. The Morgan fingerprint density at radius 2 is 1.46 bits per heavy atom. The third-order valence-electron chi connectivity index (χ3n) is 5.24. The quantitative estimate of drug-likeness (QED) is 0.216. The fourth-order valence-electron chi connectivity index (χ4n) is 3.24. The van der Waals surface area contributed by atoms with Crippen LogP contribution >= 0.6 is 11.6 Å². The Morgan fingerprint density at radius 3 is 2.17 bits per heavy atom. The van der Waals surface area contributed by atoms with Crippen molar-refractivity contribution in [2.75, 3.05) is 0 Å². The van der Waals surface area contributed by atoms with Crippen molar-refractivity contribution in [1.82, 2.24) is 5.43 Å². The molecule has 0 radical (unpaired) electrons. The number of amides is 1. The molecule has 0 saturated carbocycles. The van der Waals surface area contributed by atoms with Crippen LogP contribution in [0.4, 0.5) is 0 Å². The van der Waals surface area contributed by atoms with E-state index in [0.29, 0.717) is 35.3 Å². The Bertz CT molecular complexity index is 1290. The standard InChI is InChI=1S/C29H25ClN2O3/c1-21-6-8-22(9-7-21)20-35-28-5-3-2-4-25(28)18-31-32-29(33)24-12-16-27(17-13-24)34-19-23-10-14-26(30)15-11-23/h2-18H,19-20H2,1H3,(H,32,33)/b31-18-. The Kier molecular flexibility index (Phi) is 8.15. The number of hydrogen-bond donors (Lipinski definition) is 1. The van der Waals surface area contributed by atoms with Gasteiger partial charge in [0, 0.05) is 16.1 Å². The van der Waals surface area contributed by atoms with Crippen molar-refractivity contribution in [3.05, 3.63) is 130 Å². The molecule has 1 amide bonds. The van der Waals surface area contributed by atoms with Gasteiger partial charge >= 0.3 is 0 Å². The molecule has 1 N–H and O–H groups in total. The van der Waals surface area contributed by atoms with Gasteiger partial charge in [-0.05, 0) is 66.6 Å². The lowest BCUT2D eigenvalue weighted by atomic mass is 10.1. The second kappa shape index (κ2) is 11.9. The summed E-state index contributed by atoms with van der Waals surface area (Å²) >= 11 is 5.90. The Morgan fingerprint density at radius 1 is 0.829 bits per heavy atom. The minimum atomic E-state index is -0.316. The molecule has 0 unspecified atom stereocenters. The van der Waals surface area contributed by atoms with Gasteiger partial charge in [0.1, 0.15) is 24.7 Å². The molecule has 0 spiro atoms. The summed E-state index contributed by atoms with van der Waals surface area (Å²) in [7, 11) is 0. The summed E-state index contributed by atoms with van der Waals surface area (Å²) in [6, 6.07) is 30.1. The van der Waals surface area contributed by atoms with Gasteiger partial charge in [-0.25, -0.2) is 5.43 Å². The first kappa shape index (κ1) is 24.0. The molecule has 6 heteroatoms. The highest BCUT2D eigenvalue weighted by molar-refractivity contribution is 6.30. The average Bonchev–Trinajstić information content (AvgIpc) is 2.89. The molecule has 5 nitrogen and oxygen atoms in total. The summed E-state index contributed by atoms with van der Waals surface area (Å²) in [4.78, 5) is 12.5. The van der Waals surface area contributed by atoms with E-state index >= 15 is 0 Å². The van der Waals surface area contributed by atoms with Crippen molar-refractivity contribution in [1.29, 1.82) is 0 Å². The smallest absolute Gasteiger partial charge is 0.271 e. The van der Waals surface area contributed by atoms with E-state index in [9.17, 15) is 4.79 Å². The van der Waals surface area contributed by atoms with E-state index in [2.05, 4.69) is 29.6 Å². The topological polar surface area (TPSA) is 59.9 Å². The summed E-state index contributed by atoms with van der Waals surface area (Å²) in [5.41, 5.74) is 7.10. The molecule has 0 aliphatic heterocycles. The maximum atomic E-state index is 12.5. The van der Waals surface area contributed by atoms with Crippen molar-refractivity contribution in [2.24, 2.45) is 5.10 Å². The zero-order valence-corrected chi connectivity index (χ0v) is 20.0. The molecule has 4 aromatic rings. The van der Waals surface area contributed by atoms with Crippen molar-refractivity contribution < 1.29 is 14.3 Å². The fourth-order valence-corrected chi connectivity index (χ4v) is 3.36. The number of hydrogen-bond acceptors (Lipinski definition) is 4. The van der Waals surface area contributed by atoms with E-state index in [0.717, 1.165) is 16.7 Å². The van der Waals surface area contributed by atoms with Gasteiger partial charge in [-0.2, -0.15) is 5.10 Å². The maximum absolute atomic E-state index is 12.5. The number of carbonyl (C=O) groups is 1.